The quantitative estimate of drug-likeness (QED) is 0.771. The number of pyridine rings is 1. The number of nitrogens with one attached hydrogen (secondary N) is 1. The third kappa shape index (κ3) is 2.33. The van der Waals surface area contributed by atoms with Crippen molar-refractivity contribution >= 4 is 5.97 Å². The minimum absolute atomic E-state index is 0.245. The molecule has 0 radical (unpaired) electrons. The fourth-order valence-electron chi connectivity index (χ4n) is 1.84. The summed E-state index contributed by atoms with van der Waals surface area (Å²) in [5, 5.41) is 12.1. The number of aromatic nitrogens is 1. The third-order valence-electron chi connectivity index (χ3n) is 2.70. The van der Waals surface area contributed by atoms with Gasteiger partial charge in [0.1, 0.15) is 0 Å². The highest BCUT2D eigenvalue weighted by Gasteiger charge is 2.15. The average Bonchev–Trinajstić information content (AvgIpc) is 2.30. The predicted octanol–water partition coefficient (Wildman–Crippen LogP) is 1.59. The molecule has 0 saturated carbocycles. The van der Waals surface area contributed by atoms with Crippen LogP contribution in [0.4, 0.5) is 0 Å². The number of hydrogen-bond acceptors (Lipinski definition) is 3. The number of aromatic carboxylic acids is 1. The van der Waals surface area contributed by atoms with Gasteiger partial charge in [-0.3, -0.25) is 4.98 Å². The van der Waals surface area contributed by atoms with Crippen LogP contribution >= 0.6 is 0 Å². The summed E-state index contributed by atoms with van der Waals surface area (Å²) in [5.41, 5.74) is 1.19. The summed E-state index contributed by atoms with van der Waals surface area (Å²) >= 11 is 0. The maximum Gasteiger partial charge on any atom is 0.337 e. The Hall–Kier alpha value is -1.42. The lowest BCUT2D eigenvalue weighted by Crippen LogP contribution is -2.27. The first-order valence-corrected chi connectivity index (χ1v) is 5.20. The van der Waals surface area contributed by atoms with Gasteiger partial charge in [0.25, 0.3) is 0 Å². The minimum atomic E-state index is -0.925. The number of carboxylic acid groups (broad SMARTS) is 1. The van der Waals surface area contributed by atoms with Gasteiger partial charge in [-0.05, 0) is 31.5 Å². The van der Waals surface area contributed by atoms with Crippen molar-refractivity contribution in [2.24, 2.45) is 0 Å². The van der Waals surface area contributed by atoms with Gasteiger partial charge in [-0.2, -0.15) is 0 Å². The van der Waals surface area contributed by atoms with Crippen LogP contribution in [-0.4, -0.2) is 22.6 Å². The Kier molecular flexibility index (Phi) is 2.97. The summed E-state index contributed by atoms with van der Waals surface area (Å²) in [6, 6.07) is 3.70. The summed E-state index contributed by atoms with van der Waals surface area (Å²) in [4.78, 5) is 14.8. The fourth-order valence-corrected chi connectivity index (χ4v) is 1.84. The monoisotopic (exact) mass is 206 g/mol. The molecular weight excluding hydrogens is 192 g/mol. The van der Waals surface area contributed by atoms with E-state index in [-0.39, 0.29) is 5.56 Å². The normalized spacial score (nSPS) is 21.2. The Morgan fingerprint density at radius 2 is 2.33 bits per heavy atom. The highest BCUT2D eigenvalue weighted by atomic mass is 16.4. The Morgan fingerprint density at radius 3 is 2.87 bits per heavy atom. The van der Waals surface area contributed by atoms with E-state index in [1.54, 1.807) is 12.1 Å². The number of piperidine rings is 1. The van der Waals surface area contributed by atoms with Crippen LogP contribution in [0.1, 0.15) is 41.4 Å². The fraction of sp³-hybridized carbons (Fsp3) is 0.455. The molecule has 2 rings (SSSR count). The Morgan fingerprint density at radius 1 is 1.47 bits per heavy atom. The van der Waals surface area contributed by atoms with E-state index in [1.807, 2.05) is 0 Å². The zero-order valence-electron chi connectivity index (χ0n) is 8.44. The smallest absolute Gasteiger partial charge is 0.337 e. The Labute approximate surface area is 88.3 Å². The number of nitrogens with zero attached hydrogens (tertiary/aromatic N) is 1. The molecule has 0 amide bonds. The van der Waals surface area contributed by atoms with Gasteiger partial charge in [0.05, 0.1) is 11.3 Å². The Bertz CT molecular complexity index is 342. The van der Waals surface area contributed by atoms with Gasteiger partial charge in [0, 0.05) is 12.2 Å². The molecule has 1 aliphatic heterocycles. The molecule has 1 aromatic rings. The molecular formula is C11H14N2O2. The van der Waals surface area contributed by atoms with Gasteiger partial charge in [-0.25, -0.2) is 4.79 Å². The van der Waals surface area contributed by atoms with E-state index in [4.69, 9.17) is 5.11 Å². The molecule has 1 aromatic heterocycles. The van der Waals surface area contributed by atoms with Gasteiger partial charge in [0.15, 0.2) is 0 Å². The number of rotatable bonds is 2. The summed E-state index contributed by atoms with van der Waals surface area (Å²) in [6.07, 6.45) is 4.93. The first kappa shape index (κ1) is 10.1. The molecule has 0 bridgehead atoms. The summed E-state index contributed by atoms with van der Waals surface area (Å²) in [6.45, 7) is 1.02. The predicted molar refractivity (Wildman–Crippen MR) is 55.8 cm³/mol. The first-order valence-electron chi connectivity index (χ1n) is 5.20. The van der Waals surface area contributed by atoms with Crippen LogP contribution in [0.2, 0.25) is 0 Å². The molecule has 15 heavy (non-hydrogen) atoms. The van der Waals surface area contributed by atoms with Crippen molar-refractivity contribution in [1.82, 2.24) is 10.3 Å². The maximum absolute atomic E-state index is 10.6. The van der Waals surface area contributed by atoms with E-state index in [2.05, 4.69) is 10.3 Å². The lowest BCUT2D eigenvalue weighted by atomic mass is 10.0. The molecule has 1 atom stereocenters. The van der Waals surface area contributed by atoms with E-state index >= 15 is 0 Å². The molecule has 2 N–H and O–H groups in total. The van der Waals surface area contributed by atoms with Crippen molar-refractivity contribution in [2.45, 2.75) is 25.3 Å². The van der Waals surface area contributed by atoms with E-state index in [0.717, 1.165) is 18.7 Å². The summed E-state index contributed by atoms with van der Waals surface area (Å²) in [7, 11) is 0. The zero-order chi connectivity index (χ0) is 10.7. The number of hydrogen-bond donors (Lipinski definition) is 2. The summed E-state index contributed by atoms with van der Waals surface area (Å²) < 4.78 is 0. The van der Waals surface area contributed by atoms with Crippen LogP contribution in [0.3, 0.4) is 0 Å². The van der Waals surface area contributed by atoms with Crippen LogP contribution in [-0.2, 0) is 0 Å². The van der Waals surface area contributed by atoms with E-state index in [9.17, 15) is 4.79 Å². The van der Waals surface area contributed by atoms with Crippen molar-refractivity contribution in [3.05, 3.63) is 29.6 Å². The summed E-state index contributed by atoms with van der Waals surface area (Å²) in [5.74, 6) is -0.925. The van der Waals surface area contributed by atoms with Crippen molar-refractivity contribution < 1.29 is 9.90 Å². The van der Waals surface area contributed by atoms with Crippen LogP contribution in [0.5, 0.6) is 0 Å². The minimum Gasteiger partial charge on any atom is -0.478 e. The molecule has 4 nitrogen and oxygen atoms in total. The van der Waals surface area contributed by atoms with Gasteiger partial charge in [-0.1, -0.05) is 6.42 Å². The molecule has 1 aliphatic rings. The SMILES string of the molecule is O=C(O)c1ccc([C@@H]2CCCCN2)nc1. The molecule has 4 heteroatoms. The topological polar surface area (TPSA) is 62.2 Å². The average molecular weight is 206 g/mol. The second kappa shape index (κ2) is 4.40. The largest absolute Gasteiger partial charge is 0.478 e. The van der Waals surface area contributed by atoms with Crippen LogP contribution < -0.4 is 5.32 Å². The second-order valence-electron chi connectivity index (χ2n) is 3.78. The van der Waals surface area contributed by atoms with Crippen LogP contribution in [0.15, 0.2) is 18.3 Å². The molecule has 0 aliphatic carbocycles. The number of carbonyl (C=O) groups is 1. The third-order valence-corrected chi connectivity index (χ3v) is 2.70. The van der Waals surface area contributed by atoms with Crippen LogP contribution in [0, 0.1) is 0 Å². The van der Waals surface area contributed by atoms with Crippen LogP contribution in [0.25, 0.3) is 0 Å². The van der Waals surface area contributed by atoms with E-state index in [0.29, 0.717) is 6.04 Å². The van der Waals surface area contributed by atoms with Crippen molar-refractivity contribution in [1.29, 1.82) is 0 Å². The second-order valence-corrected chi connectivity index (χ2v) is 3.78. The molecule has 1 saturated heterocycles. The molecule has 2 heterocycles. The van der Waals surface area contributed by atoms with E-state index < -0.39 is 5.97 Å². The standard InChI is InChI=1S/C11H14N2O2/c14-11(15)8-4-5-10(13-7-8)9-3-1-2-6-12-9/h4-5,7,9,12H,1-3,6H2,(H,14,15)/t9-/m0/s1. The van der Waals surface area contributed by atoms with E-state index in [1.165, 1.54) is 19.0 Å². The van der Waals surface area contributed by atoms with Gasteiger partial charge < -0.3 is 10.4 Å². The first-order chi connectivity index (χ1) is 7.27. The highest BCUT2D eigenvalue weighted by molar-refractivity contribution is 5.87. The molecule has 0 spiro atoms. The lowest BCUT2D eigenvalue weighted by molar-refractivity contribution is 0.0696. The van der Waals surface area contributed by atoms with Gasteiger partial charge in [0.2, 0.25) is 0 Å². The van der Waals surface area contributed by atoms with Crippen molar-refractivity contribution in [3.63, 3.8) is 0 Å². The Balaban J connectivity index is 2.11. The van der Waals surface area contributed by atoms with Gasteiger partial charge in [-0.15, -0.1) is 0 Å². The van der Waals surface area contributed by atoms with Crippen molar-refractivity contribution in [3.8, 4) is 0 Å². The van der Waals surface area contributed by atoms with Gasteiger partial charge >= 0.3 is 5.97 Å². The molecule has 0 unspecified atom stereocenters. The maximum atomic E-state index is 10.6. The lowest BCUT2D eigenvalue weighted by Gasteiger charge is -2.22. The highest BCUT2D eigenvalue weighted by Crippen LogP contribution is 2.20. The molecule has 0 aromatic carbocycles. The van der Waals surface area contributed by atoms with Crippen molar-refractivity contribution in [2.75, 3.05) is 6.54 Å². The zero-order valence-corrected chi connectivity index (χ0v) is 8.44. The molecule has 1 fully saturated rings. The number of carboxylic acids is 1. The molecule has 80 valence electrons.